The molecule has 0 bridgehead atoms. The van der Waals surface area contributed by atoms with Gasteiger partial charge in [-0.05, 0) is 51.9 Å². The Bertz CT molecular complexity index is 577. The van der Waals surface area contributed by atoms with Crippen LogP contribution in [0.4, 0.5) is 10.5 Å². The summed E-state index contributed by atoms with van der Waals surface area (Å²) in [5, 5.41) is 2.89. The van der Waals surface area contributed by atoms with Crippen LogP contribution in [0, 0.1) is 5.92 Å². The van der Waals surface area contributed by atoms with Crippen molar-refractivity contribution in [1.29, 1.82) is 0 Å². The van der Waals surface area contributed by atoms with Gasteiger partial charge in [0, 0.05) is 12.5 Å². The predicted molar refractivity (Wildman–Crippen MR) is 115 cm³/mol. The number of nitrogens with zero attached hydrogens (tertiary/aromatic N) is 1. The summed E-state index contributed by atoms with van der Waals surface area (Å²) in [6.07, 6.45) is 10.0. The van der Waals surface area contributed by atoms with Gasteiger partial charge < -0.3 is 14.4 Å². The summed E-state index contributed by atoms with van der Waals surface area (Å²) in [5.74, 6) is 1.12. The molecule has 1 aromatic carbocycles. The molecular weight excluding hydrogens is 352 g/mol. The van der Waals surface area contributed by atoms with Crippen LogP contribution in [0.25, 0.3) is 0 Å². The first kappa shape index (κ1) is 22.5. The summed E-state index contributed by atoms with van der Waals surface area (Å²) in [7, 11) is 4.14. The number of nitrogens with one attached hydrogen (secondary N) is 1. The number of benzene rings is 1. The largest absolute Gasteiger partial charge is 0.491 e. The van der Waals surface area contributed by atoms with E-state index in [9.17, 15) is 4.79 Å². The molecule has 5 heteroatoms. The summed E-state index contributed by atoms with van der Waals surface area (Å²) in [6, 6.07) is 7.60. The molecule has 1 amide bonds. The second kappa shape index (κ2) is 12.7. The fourth-order valence-electron chi connectivity index (χ4n) is 3.87. The predicted octanol–water partition coefficient (Wildman–Crippen LogP) is 5.70. The third-order valence-corrected chi connectivity index (χ3v) is 5.33. The zero-order valence-electron chi connectivity index (χ0n) is 17.9. The van der Waals surface area contributed by atoms with Crippen LogP contribution in [0.2, 0.25) is 0 Å². The molecule has 0 aliphatic heterocycles. The van der Waals surface area contributed by atoms with Crippen LogP contribution in [0.15, 0.2) is 24.3 Å². The average Bonchev–Trinajstić information content (AvgIpc) is 2.67. The summed E-state index contributed by atoms with van der Waals surface area (Å²) in [4.78, 5) is 14.7. The standard InChI is InChI=1S/C23H38N2O3/c1-4-5-6-7-12-17-27-22-16-11-9-14-20(22)24-23(26)28-21-15-10-8-13-19(21)18-25(2)3/h9,11,14,16,19,21H,4-8,10,12-13,15,17-18H2,1-3H3,(H,24,26)/t19-,21+/m0/s1. The monoisotopic (exact) mass is 390 g/mol. The van der Waals surface area contributed by atoms with Crippen molar-refractivity contribution in [3.05, 3.63) is 24.3 Å². The molecule has 0 aromatic heterocycles. The van der Waals surface area contributed by atoms with Crippen molar-refractivity contribution in [3.8, 4) is 5.75 Å². The normalized spacial score (nSPS) is 19.4. The van der Waals surface area contributed by atoms with Gasteiger partial charge in [-0.25, -0.2) is 4.79 Å². The first-order valence-electron chi connectivity index (χ1n) is 10.9. The molecule has 158 valence electrons. The van der Waals surface area contributed by atoms with Gasteiger partial charge in [0.25, 0.3) is 0 Å². The van der Waals surface area contributed by atoms with E-state index in [2.05, 4.69) is 31.2 Å². The molecule has 0 heterocycles. The highest BCUT2D eigenvalue weighted by Crippen LogP contribution is 2.29. The lowest BCUT2D eigenvalue weighted by Crippen LogP contribution is -2.37. The Labute approximate surface area is 170 Å². The molecule has 0 saturated heterocycles. The molecule has 1 aliphatic carbocycles. The van der Waals surface area contributed by atoms with Crippen LogP contribution in [-0.2, 0) is 4.74 Å². The van der Waals surface area contributed by atoms with Gasteiger partial charge in [0.05, 0.1) is 12.3 Å². The van der Waals surface area contributed by atoms with E-state index >= 15 is 0 Å². The molecule has 1 N–H and O–H groups in total. The Morgan fingerprint density at radius 1 is 1.11 bits per heavy atom. The SMILES string of the molecule is CCCCCCCOc1ccccc1NC(=O)O[C@@H]1CCCC[C@H]1CN(C)C. The minimum absolute atomic E-state index is 0.0113. The molecule has 1 saturated carbocycles. The van der Waals surface area contributed by atoms with E-state index in [0.29, 0.717) is 24.0 Å². The fraction of sp³-hybridized carbons (Fsp3) is 0.696. The van der Waals surface area contributed by atoms with Crippen LogP contribution >= 0.6 is 0 Å². The number of hydrogen-bond donors (Lipinski definition) is 1. The summed E-state index contributed by atoms with van der Waals surface area (Å²) < 4.78 is 11.7. The third kappa shape index (κ3) is 8.09. The lowest BCUT2D eigenvalue weighted by atomic mass is 9.86. The fourth-order valence-corrected chi connectivity index (χ4v) is 3.87. The van der Waals surface area contributed by atoms with Crippen molar-refractivity contribution in [2.75, 3.05) is 32.6 Å². The molecule has 0 unspecified atom stereocenters. The van der Waals surface area contributed by atoms with E-state index in [1.165, 1.54) is 32.1 Å². The minimum atomic E-state index is -0.380. The molecule has 28 heavy (non-hydrogen) atoms. The maximum atomic E-state index is 12.5. The highest BCUT2D eigenvalue weighted by Gasteiger charge is 2.29. The summed E-state index contributed by atoms with van der Waals surface area (Å²) in [6.45, 7) is 3.84. The van der Waals surface area contributed by atoms with Gasteiger partial charge in [-0.3, -0.25) is 5.32 Å². The first-order chi connectivity index (χ1) is 13.6. The summed E-state index contributed by atoms with van der Waals surface area (Å²) in [5.41, 5.74) is 0.682. The van der Waals surface area contributed by atoms with Gasteiger partial charge in [0.1, 0.15) is 11.9 Å². The van der Waals surface area contributed by atoms with E-state index in [0.717, 1.165) is 32.2 Å². The molecule has 0 radical (unpaired) electrons. The highest BCUT2D eigenvalue weighted by molar-refractivity contribution is 5.86. The maximum Gasteiger partial charge on any atom is 0.412 e. The maximum absolute atomic E-state index is 12.5. The van der Waals surface area contributed by atoms with E-state index in [1.54, 1.807) is 0 Å². The van der Waals surface area contributed by atoms with Crippen molar-refractivity contribution >= 4 is 11.8 Å². The van der Waals surface area contributed by atoms with Crippen LogP contribution in [0.5, 0.6) is 5.75 Å². The molecular formula is C23H38N2O3. The van der Waals surface area contributed by atoms with Crippen LogP contribution < -0.4 is 10.1 Å². The lowest BCUT2D eigenvalue weighted by molar-refractivity contribution is 0.0357. The number of para-hydroxylation sites is 2. The van der Waals surface area contributed by atoms with Crippen molar-refractivity contribution < 1.29 is 14.3 Å². The van der Waals surface area contributed by atoms with Crippen molar-refractivity contribution in [1.82, 2.24) is 4.90 Å². The van der Waals surface area contributed by atoms with Gasteiger partial charge in [-0.15, -0.1) is 0 Å². The van der Waals surface area contributed by atoms with Crippen molar-refractivity contribution in [2.24, 2.45) is 5.92 Å². The van der Waals surface area contributed by atoms with Gasteiger partial charge in [-0.1, -0.05) is 51.2 Å². The summed E-state index contributed by atoms with van der Waals surface area (Å²) >= 11 is 0. The number of hydrogen-bond acceptors (Lipinski definition) is 4. The number of carbonyl (C=O) groups is 1. The van der Waals surface area contributed by atoms with E-state index in [1.807, 2.05) is 24.3 Å². The lowest BCUT2D eigenvalue weighted by Gasteiger charge is -2.32. The molecule has 0 spiro atoms. The highest BCUT2D eigenvalue weighted by atomic mass is 16.6. The van der Waals surface area contributed by atoms with Crippen LogP contribution in [0.1, 0.15) is 64.7 Å². The number of carbonyl (C=O) groups excluding carboxylic acids is 1. The molecule has 5 nitrogen and oxygen atoms in total. The zero-order valence-corrected chi connectivity index (χ0v) is 17.9. The quantitative estimate of drug-likeness (QED) is 0.492. The third-order valence-electron chi connectivity index (χ3n) is 5.33. The second-order valence-electron chi connectivity index (χ2n) is 8.13. The molecule has 1 aromatic rings. The van der Waals surface area contributed by atoms with E-state index in [4.69, 9.17) is 9.47 Å². The van der Waals surface area contributed by atoms with Crippen LogP contribution in [-0.4, -0.2) is 44.3 Å². The van der Waals surface area contributed by atoms with Gasteiger partial charge in [-0.2, -0.15) is 0 Å². The molecule has 1 fully saturated rings. The zero-order chi connectivity index (χ0) is 20.2. The van der Waals surface area contributed by atoms with E-state index < -0.39 is 0 Å². The Morgan fingerprint density at radius 3 is 2.64 bits per heavy atom. The second-order valence-corrected chi connectivity index (χ2v) is 8.13. The van der Waals surface area contributed by atoms with Gasteiger partial charge >= 0.3 is 6.09 Å². The Hall–Kier alpha value is -1.75. The average molecular weight is 391 g/mol. The number of anilines is 1. The molecule has 2 atom stereocenters. The van der Waals surface area contributed by atoms with E-state index in [-0.39, 0.29) is 12.2 Å². The van der Waals surface area contributed by atoms with Crippen molar-refractivity contribution in [2.45, 2.75) is 70.8 Å². The number of unbranched alkanes of at least 4 members (excludes halogenated alkanes) is 4. The van der Waals surface area contributed by atoms with Gasteiger partial charge in [0.15, 0.2) is 0 Å². The smallest absolute Gasteiger partial charge is 0.412 e. The Kier molecular flexibility index (Phi) is 10.2. The Balaban J connectivity index is 1.84. The topological polar surface area (TPSA) is 50.8 Å². The Morgan fingerprint density at radius 2 is 1.86 bits per heavy atom. The van der Waals surface area contributed by atoms with Crippen LogP contribution in [0.3, 0.4) is 0 Å². The number of amides is 1. The minimum Gasteiger partial charge on any atom is -0.491 e. The van der Waals surface area contributed by atoms with Crippen molar-refractivity contribution in [3.63, 3.8) is 0 Å². The van der Waals surface area contributed by atoms with Gasteiger partial charge in [0.2, 0.25) is 0 Å². The molecule has 1 aliphatic rings. The number of ether oxygens (including phenoxy) is 2. The first-order valence-corrected chi connectivity index (χ1v) is 10.9. The number of rotatable bonds is 11. The molecule has 2 rings (SSSR count).